The van der Waals surface area contributed by atoms with Gasteiger partial charge in [0.25, 0.3) is 0 Å². The Balaban J connectivity index is 2.86. The van der Waals surface area contributed by atoms with Gasteiger partial charge in [-0.15, -0.1) is 0 Å². The van der Waals surface area contributed by atoms with Crippen molar-refractivity contribution in [2.24, 2.45) is 0 Å². The molecule has 1 aromatic carbocycles. The number of benzene rings is 1. The normalized spacial score (nSPS) is 16.0. The summed E-state index contributed by atoms with van der Waals surface area (Å²) in [6.45, 7) is 14.9. The molecule has 2 atom stereocenters. The summed E-state index contributed by atoms with van der Waals surface area (Å²) in [6, 6.07) is 9.39. The molecule has 0 spiro atoms. The van der Waals surface area contributed by atoms with Crippen LogP contribution in [0.2, 0.25) is 0 Å². The minimum absolute atomic E-state index is 0.110. The highest BCUT2D eigenvalue weighted by Gasteiger charge is 2.32. The number of ether oxygens (including phenoxy) is 1. The molecular formula is C19H33NO. The first-order chi connectivity index (χ1) is 9.96. The van der Waals surface area contributed by atoms with E-state index in [-0.39, 0.29) is 5.60 Å². The topological polar surface area (TPSA) is 21.3 Å². The van der Waals surface area contributed by atoms with Crippen LogP contribution in [0.1, 0.15) is 65.0 Å². The van der Waals surface area contributed by atoms with Crippen LogP contribution in [0.3, 0.4) is 0 Å². The fourth-order valence-electron chi connectivity index (χ4n) is 2.80. The lowest BCUT2D eigenvalue weighted by molar-refractivity contribution is -0.0546. The molecular weight excluding hydrogens is 258 g/mol. The average Bonchev–Trinajstić information content (AvgIpc) is 2.47. The van der Waals surface area contributed by atoms with E-state index in [0.29, 0.717) is 12.0 Å². The summed E-state index contributed by atoms with van der Waals surface area (Å²) in [7, 11) is 0. The molecule has 120 valence electrons. The Bertz CT molecular complexity index is 399. The summed E-state index contributed by atoms with van der Waals surface area (Å²) in [5.74, 6) is 0.591. The van der Waals surface area contributed by atoms with E-state index in [1.807, 2.05) is 0 Å². The maximum absolute atomic E-state index is 6.06. The zero-order valence-corrected chi connectivity index (χ0v) is 14.7. The lowest BCUT2D eigenvalue weighted by Gasteiger charge is -2.37. The second-order valence-electron chi connectivity index (χ2n) is 6.31. The van der Waals surface area contributed by atoms with Crippen molar-refractivity contribution in [1.82, 2.24) is 5.32 Å². The van der Waals surface area contributed by atoms with Gasteiger partial charge in [0.1, 0.15) is 0 Å². The summed E-state index contributed by atoms with van der Waals surface area (Å²) in [5, 5.41) is 3.62. The van der Waals surface area contributed by atoms with Gasteiger partial charge in [0.2, 0.25) is 0 Å². The van der Waals surface area contributed by atoms with E-state index < -0.39 is 0 Å². The molecule has 2 unspecified atom stereocenters. The van der Waals surface area contributed by atoms with Crippen LogP contribution in [-0.4, -0.2) is 24.8 Å². The van der Waals surface area contributed by atoms with Crippen molar-refractivity contribution in [3.8, 4) is 0 Å². The Morgan fingerprint density at radius 1 is 1.10 bits per heavy atom. The van der Waals surface area contributed by atoms with Crippen LogP contribution >= 0.6 is 0 Å². The summed E-state index contributed by atoms with van der Waals surface area (Å²) < 4.78 is 6.06. The largest absolute Gasteiger partial charge is 0.374 e. The third kappa shape index (κ3) is 5.12. The summed E-state index contributed by atoms with van der Waals surface area (Å²) in [6.07, 6.45) is 2.03. The zero-order chi connectivity index (χ0) is 15.9. The molecule has 0 saturated carbocycles. The molecule has 0 bridgehead atoms. The van der Waals surface area contributed by atoms with E-state index in [4.69, 9.17) is 4.74 Å². The monoisotopic (exact) mass is 291 g/mol. The highest BCUT2D eigenvalue weighted by Crippen LogP contribution is 2.24. The van der Waals surface area contributed by atoms with Crippen LogP contribution in [0, 0.1) is 0 Å². The third-order valence-electron chi connectivity index (χ3n) is 4.45. The lowest BCUT2D eigenvalue weighted by Crippen LogP contribution is -2.51. The van der Waals surface area contributed by atoms with Gasteiger partial charge in [-0.05, 0) is 50.3 Å². The molecule has 1 rings (SSSR count). The second-order valence-corrected chi connectivity index (χ2v) is 6.31. The van der Waals surface area contributed by atoms with Gasteiger partial charge >= 0.3 is 0 Å². The first kappa shape index (κ1) is 18.2. The Kier molecular flexibility index (Phi) is 7.41. The SMILES string of the molecule is CCNC(Cc1ccc(C(C)C)cc1)C(C)(CC)OCC. The predicted molar refractivity (Wildman–Crippen MR) is 92.0 cm³/mol. The molecule has 0 aromatic heterocycles. The Morgan fingerprint density at radius 2 is 1.71 bits per heavy atom. The minimum Gasteiger partial charge on any atom is -0.374 e. The van der Waals surface area contributed by atoms with Crippen LogP contribution in [-0.2, 0) is 11.2 Å². The van der Waals surface area contributed by atoms with Crippen molar-refractivity contribution >= 4 is 0 Å². The van der Waals surface area contributed by atoms with Gasteiger partial charge < -0.3 is 10.1 Å². The van der Waals surface area contributed by atoms with E-state index in [0.717, 1.165) is 26.0 Å². The summed E-state index contributed by atoms with van der Waals surface area (Å²) >= 11 is 0. The van der Waals surface area contributed by atoms with Crippen molar-refractivity contribution in [3.05, 3.63) is 35.4 Å². The number of hydrogen-bond acceptors (Lipinski definition) is 2. The molecule has 2 heteroatoms. The molecule has 0 radical (unpaired) electrons. The van der Waals surface area contributed by atoms with Gasteiger partial charge in [-0.1, -0.05) is 52.0 Å². The van der Waals surface area contributed by atoms with E-state index in [1.54, 1.807) is 0 Å². The fourth-order valence-corrected chi connectivity index (χ4v) is 2.80. The van der Waals surface area contributed by atoms with Crippen LogP contribution in [0.5, 0.6) is 0 Å². The molecule has 0 saturated heterocycles. The molecule has 0 aliphatic heterocycles. The molecule has 2 nitrogen and oxygen atoms in total. The van der Waals surface area contributed by atoms with Gasteiger partial charge in [-0.3, -0.25) is 0 Å². The van der Waals surface area contributed by atoms with E-state index >= 15 is 0 Å². The van der Waals surface area contributed by atoms with E-state index in [9.17, 15) is 0 Å². The summed E-state index contributed by atoms with van der Waals surface area (Å²) in [5.41, 5.74) is 2.67. The van der Waals surface area contributed by atoms with Gasteiger partial charge in [-0.2, -0.15) is 0 Å². The van der Waals surface area contributed by atoms with Crippen molar-refractivity contribution in [2.45, 2.75) is 71.9 Å². The van der Waals surface area contributed by atoms with Crippen molar-refractivity contribution in [1.29, 1.82) is 0 Å². The van der Waals surface area contributed by atoms with Crippen molar-refractivity contribution in [2.75, 3.05) is 13.2 Å². The van der Waals surface area contributed by atoms with Gasteiger partial charge in [0, 0.05) is 12.6 Å². The van der Waals surface area contributed by atoms with Crippen molar-refractivity contribution in [3.63, 3.8) is 0 Å². The Morgan fingerprint density at radius 3 is 2.14 bits per heavy atom. The first-order valence-electron chi connectivity index (χ1n) is 8.43. The van der Waals surface area contributed by atoms with Crippen LogP contribution in [0.4, 0.5) is 0 Å². The smallest absolute Gasteiger partial charge is 0.0807 e. The molecule has 0 amide bonds. The van der Waals surface area contributed by atoms with Crippen molar-refractivity contribution < 1.29 is 4.74 Å². The third-order valence-corrected chi connectivity index (χ3v) is 4.45. The fraction of sp³-hybridized carbons (Fsp3) is 0.684. The standard InChI is InChI=1S/C19H33NO/c1-7-19(6,21-9-3)18(20-8-2)14-16-10-12-17(13-11-16)15(4)5/h10-13,15,18,20H,7-9,14H2,1-6H3. The van der Waals surface area contributed by atoms with Crippen LogP contribution in [0.25, 0.3) is 0 Å². The molecule has 21 heavy (non-hydrogen) atoms. The predicted octanol–water partition coefficient (Wildman–Crippen LogP) is 4.54. The Hall–Kier alpha value is -0.860. The number of nitrogens with one attached hydrogen (secondary N) is 1. The van der Waals surface area contributed by atoms with Gasteiger partial charge in [-0.25, -0.2) is 0 Å². The number of likely N-dealkylation sites (N-methyl/N-ethyl adjacent to an activating group) is 1. The highest BCUT2D eigenvalue weighted by atomic mass is 16.5. The maximum Gasteiger partial charge on any atom is 0.0807 e. The van der Waals surface area contributed by atoms with E-state index in [2.05, 4.69) is 71.1 Å². The highest BCUT2D eigenvalue weighted by molar-refractivity contribution is 5.25. The van der Waals surface area contributed by atoms with Crippen LogP contribution in [0.15, 0.2) is 24.3 Å². The minimum atomic E-state index is -0.110. The molecule has 0 heterocycles. The summed E-state index contributed by atoms with van der Waals surface area (Å²) in [4.78, 5) is 0. The lowest BCUT2D eigenvalue weighted by atomic mass is 9.87. The molecule has 0 aliphatic rings. The second kappa shape index (κ2) is 8.55. The number of rotatable bonds is 9. The molecule has 0 aliphatic carbocycles. The van der Waals surface area contributed by atoms with Gasteiger partial charge in [0.05, 0.1) is 5.60 Å². The maximum atomic E-state index is 6.06. The van der Waals surface area contributed by atoms with E-state index in [1.165, 1.54) is 11.1 Å². The van der Waals surface area contributed by atoms with Gasteiger partial charge in [0.15, 0.2) is 0 Å². The Labute approximate surface area is 131 Å². The number of hydrogen-bond donors (Lipinski definition) is 1. The quantitative estimate of drug-likeness (QED) is 0.721. The zero-order valence-electron chi connectivity index (χ0n) is 14.7. The average molecular weight is 291 g/mol. The molecule has 1 N–H and O–H groups in total. The molecule has 0 fully saturated rings. The first-order valence-corrected chi connectivity index (χ1v) is 8.43. The van der Waals surface area contributed by atoms with Crippen LogP contribution < -0.4 is 5.32 Å². The molecule has 1 aromatic rings.